The number of carboxylic acid groups (broad SMARTS) is 1. The van der Waals surface area contributed by atoms with E-state index in [1.807, 2.05) is 6.92 Å². The number of carboxylic acids is 1. The number of hydrogen-bond donors (Lipinski definition) is 1. The van der Waals surface area contributed by atoms with Crippen molar-refractivity contribution >= 4 is 16.0 Å². The Morgan fingerprint density at radius 1 is 1.30 bits per heavy atom. The highest BCUT2D eigenvalue weighted by Crippen LogP contribution is 2.22. The smallest absolute Gasteiger partial charge is 0.335 e. The highest BCUT2D eigenvalue weighted by molar-refractivity contribution is 7.89. The second kappa shape index (κ2) is 5.51. The van der Waals surface area contributed by atoms with Crippen LogP contribution >= 0.6 is 0 Å². The Labute approximate surface area is 118 Å². The van der Waals surface area contributed by atoms with Gasteiger partial charge in [-0.2, -0.15) is 4.31 Å². The van der Waals surface area contributed by atoms with Crippen LogP contribution in [0.5, 0.6) is 0 Å². The van der Waals surface area contributed by atoms with Gasteiger partial charge >= 0.3 is 5.97 Å². The molecular weight excluding hydrogens is 282 g/mol. The Morgan fingerprint density at radius 2 is 1.90 bits per heavy atom. The molecule has 1 aromatic rings. The zero-order valence-electron chi connectivity index (χ0n) is 11.3. The highest BCUT2D eigenvalue weighted by atomic mass is 32.2. The van der Waals surface area contributed by atoms with Gasteiger partial charge in [-0.05, 0) is 38.1 Å². The maximum atomic E-state index is 12.5. The zero-order chi connectivity index (χ0) is 14.9. The number of nitrogens with zero attached hydrogens (tertiary/aromatic N) is 1. The van der Waals surface area contributed by atoms with Crippen LogP contribution in [0.25, 0.3) is 0 Å². The second-order valence-electron chi connectivity index (χ2n) is 4.90. The Bertz CT molecular complexity index is 596. The van der Waals surface area contributed by atoms with E-state index in [4.69, 9.17) is 9.84 Å². The molecule has 6 nitrogen and oxygen atoms in total. The summed E-state index contributed by atoms with van der Waals surface area (Å²) in [5, 5.41) is 8.83. The molecule has 0 aromatic heterocycles. The van der Waals surface area contributed by atoms with Gasteiger partial charge in [0.1, 0.15) is 0 Å². The number of aromatic carboxylic acids is 1. The molecule has 1 fully saturated rings. The molecule has 0 saturated carbocycles. The summed E-state index contributed by atoms with van der Waals surface area (Å²) in [6.07, 6.45) is -0.153. The van der Waals surface area contributed by atoms with Gasteiger partial charge in [0.25, 0.3) is 0 Å². The van der Waals surface area contributed by atoms with Gasteiger partial charge in [0, 0.05) is 12.6 Å². The molecule has 0 spiro atoms. The summed E-state index contributed by atoms with van der Waals surface area (Å²) < 4.78 is 31.9. The quantitative estimate of drug-likeness (QED) is 0.906. The van der Waals surface area contributed by atoms with E-state index in [0.29, 0.717) is 13.2 Å². The minimum atomic E-state index is -3.63. The summed E-state index contributed by atoms with van der Waals surface area (Å²) in [7, 11) is -3.63. The lowest BCUT2D eigenvalue weighted by molar-refractivity contribution is -0.0170. The Kier molecular flexibility index (Phi) is 4.12. The third-order valence-electron chi connectivity index (χ3n) is 3.26. The van der Waals surface area contributed by atoms with Gasteiger partial charge in [0.05, 0.1) is 23.2 Å². The van der Waals surface area contributed by atoms with Crippen molar-refractivity contribution in [3.63, 3.8) is 0 Å². The average molecular weight is 299 g/mol. The van der Waals surface area contributed by atoms with E-state index in [0.717, 1.165) is 0 Å². The molecule has 110 valence electrons. The van der Waals surface area contributed by atoms with Gasteiger partial charge in [0.2, 0.25) is 10.0 Å². The van der Waals surface area contributed by atoms with Crippen molar-refractivity contribution in [2.45, 2.75) is 30.9 Å². The predicted molar refractivity (Wildman–Crippen MR) is 72.2 cm³/mol. The van der Waals surface area contributed by atoms with E-state index in [2.05, 4.69) is 0 Å². The lowest BCUT2D eigenvalue weighted by Gasteiger charge is -2.35. The van der Waals surface area contributed by atoms with E-state index in [1.54, 1.807) is 6.92 Å². The second-order valence-corrected chi connectivity index (χ2v) is 6.79. The lowest BCUT2D eigenvalue weighted by atomic mass is 10.2. The number of ether oxygens (including phenoxy) is 1. The van der Waals surface area contributed by atoms with Crippen LogP contribution in [0.4, 0.5) is 0 Å². The first-order chi connectivity index (χ1) is 9.32. The Balaban J connectivity index is 2.31. The van der Waals surface area contributed by atoms with Crippen LogP contribution in [-0.4, -0.2) is 49.1 Å². The van der Waals surface area contributed by atoms with Gasteiger partial charge in [0.15, 0.2) is 0 Å². The van der Waals surface area contributed by atoms with Gasteiger partial charge in [-0.15, -0.1) is 0 Å². The summed E-state index contributed by atoms with van der Waals surface area (Å²) in [4.78, 5) is 10.9. The van der Waals surface area contributed by atoms with E-state index in [-0.39, 0.29) is 22.6 Å². The fourth-order valence-corrected chi connectivity index (χ4v) is 3.80. The van der Waals surface area contributed by atoms with Gasteiger partial charge in [-0.1, -0.05) is 0 Å². The maximum Gasteiger partial charge on any atom is 0.335 e. The molecule has 0 unspecified atom stereocenters. The molecule has 0 bridgehead atoms. The normalized spacial score (nSPS) is 24.5. The van der Waals surface area contributed by atoms with Crippen molar-refractivity contribution < 1.29 is 23.1 Å². The summed E-state index contributed by atoms with van der Waals surface area (Å²) in [5.41, 5.74) is 0.0624. The predicted octanol–water partition coefficient (Wildman–Crippen LogP) is 1.18. The van der Waals surface area contributed by atoms with Crippen molar-refractivity contribution in [2.75, 3.05) is 13.2 Å². The van der Waals surface area contributed by atoms with E-state index in [1.165, 1.54) is 28.6 Å². The molecule has 0 aliphatic carbocycles. The fraction of sp³-hybridized carbons (Fsp3) is 0.462. The summed E-state index contributed by atoms with van der Waals surface area (Å²) in [5.74, 6) is -1.08. The van der Waals surface area contributed by atoms with Crippen LogP contribution in [0.2, 0.25) is 0 Å². The summed E-state index contributed by atoms with van der Waals surface area (Å²) >= 11 is 0. The van der Waals surface area contributed by atoms with Crippen LogP contribution in [0, 0.1) is 0 Å². The van der Waals surface area contributed by atoms with Gasteiger partial charge < -0.3 is 9.84 Å². The van der Waals surface area contributed by atoms with Crippen molar-refractivity contribution in [1.29, 1.82) is 0 Å². The lowest BCUT2D eigenvalue weighted by Crippen LogP contribution is -2.50. The molecule has 0 radical (unpaired) electrons. The number of sulfonamides is 1. The molecule has 1 aromatic carbocycles. The molecule has 1 heterocycles. The van der Waals surface area contributed by atoms with Gasteiger partial charge in [-0.25, -0.2) is 13.2 Å². The highest BCUT2D eigenvalue weighted by Gasteiger charge is 2.34. The number of hydrogen-bond acceptors (Lipinski definition) is 4. The molecule has 1 N–H and O–H groups in total. The monoisotopic (exact) mass is 299 g/mol. The molecule has 1 aliphatic heterocycles. The molecule has 2 rings (SSSR count). The van der Waals surface area contributed by atoms with Crippen molar-refractivity contribution in [3.05, 3.63) is 29.8 Å². The first-order valence-corrected chi connectivity index (χ1v) is 7.73. The summed E-state index contributed by atoms with van der Waals surface area (Å²) in [6.45, 7) is 4.26. The Hall–Kier alpha value is -1.44. The third-order valence-corrected chi connectivity index (χ3v) is 5.25. The van der Waals surface area contributed by atoms with Crippen LogP contribution < -0.4 is 0 Å². The Morgan fingerprint density at radius 3 is 2.45 bits per heavy atom. The molecule has 0 amide bonds. The van der Waals surface area contributed by atoms with E-state index < -0.39 is 16.0 Å². The first-order valence-electron chi connectivity index (χ1n) is 6.29. The molecule has 2 atom stereocenters. The maximum absolute atomic E-state index is 12.5. The van der Waals surface area contributed by atoms with Crippen molar-refractivity contribution in [2.24, 2.45) is 0 Å². The topological polar surface area (TPSA) is 83.9 Å². The number of carbonyl (C=O) groups is 1. The van der Waals surface area contributed by atoms with Crippen LogP contribution in [-0.2, 0) is 14.8 Å². The minimum absolute atomic E-state index is 0.0624. The molecule has 20 heavy (non-hydrogen) atoms. The van der Waals surface area contributed by atoms with E-state index >= 15 is 0 Å². The number of rotatable bonds is 3. The number of morpholine rings is 1. The number of benzene rings is 1. The zero-order valence-corrected chi connectivity index (χ0v) is 12.1. The van der Waals surface area contributed by atoms with Crippen LogP contribution in [0.15, 0.2) is 29.2 Å². The first kappa shape index (κ1) is 15.0. The van der Waals surface area contributed by atoms with Crippen LogP contribution in [0.1, 0.15) is 24.2 Å². The summed E-state index contributed by atoms with van der Waals surface area (Å²) in [6, 6.07) is 5.00. The molecule has 7 heteroatoms. The third kappa shape index (κ3) is 2.84. The SMILES string of the molecule is C[C@@H]1CN(S(=O)(=O)c2ccc(C(=O)O)cc2)[C@H](C)CO1. The molecule has 1 saturated heterocycles. The standard InChI is InChI=1S/C13H17NO5S/c1-9-8-19-10(2)7-14(9)20(17,18)12-5-3-11(4-6-12)13(15)16/h3-6,9-10H,7-8H2,1-2H3,(H,15,16)/t9-,10-/m1/s1. The van der Waals surface area contributed by atoms with Crippen molar-refractivity contribution in [1.82, 2.24) is 4.31 Å². The van der Waals surface area contributed by atoms with Crippen molar-refractivity contribution in [3.8, 4) is 0 Å². The molecular formula is C13H17NO5S. The largest absolute Gasteiger partial charge is 0.478 e. The van der Waals surface area contributed by atoms with Gasteiger partial charge in [-0.3, -0.25) is 0 Å². The minimum Gasteiger partial charge on any atom is -0.478 e. The van der Waals surface area contributed by atoms with E-state index in [9.17, 15) is 13.2 Å². The molecule has 1 aliphatic rings. The fourth-order valence-electron chi connectivity index (χ4n) is 2.11. The van der Waals surface area contributed by atoms with Crippen LogP contribution in [0.3, 0.4) is 0 Å². The average Bonchev–Trinajstić information content (AvgIpc) is 2.41.